The first-order valence-electron chi connectivity index (χ1n) is 7.20. The highest BCUT2D eigenvalue weighted by Crippen LogP contribution is 2.31. The molecule has 7 heteroatoms. The predicted molar refractivity (Wildman–Crippen MR) is 92.7 cm³/mol. The lowest BCUT2D eigenvalue weighted by atomic mass is 10.2. The number of nitriles is 1. The molecule has 0 saturated carbocycles. The first-order chi connectivity index (χ1) is 12.2. The Kier molecular flexibility index (Phi) is 4.92. The van der Waals surface area contributed by atoms with E-state index in [0.29, 0.717) is 5.75 Å². The summed E-state index contributed by atoms with van der Waals surface area (Å²) in [7, 11) is 0. The Hall–Kier alpha value is -3.37. The van der Waals surface area contributed by atoms with Gasteiger partial charge in [-0.25, -0.2) is 0 Å². The fourth-order valence-corrected chi connectivity index (χ4v) is 2.86. The van der Waals surface area contributed by atoms with E-state index in [9.17, 15) is 10.1 Å². The van der Waals surface area contributed by atoms with E-state index in [2.05, 4.69) is 4.98 Å². The minimum Gasteiger partial charge on any atom is -0.456 e. The molecule has 0 saturated heterocycles. The molecule has 0 unspecified atom stereocenters. The minimum absolute atomic E-state index is 0.115. The van der Waals surface area contributed by atoms with Crippen LogP contribution in [0, 0.1) is 21.4 Å². The lowest BCUT2D eigenvalue weighted by Gasteiger charge is -2.08. The van der Waals surface area contributed by atoms with Crippen molar-refractivity contribution in [1.29, 1.82) is 5.26 Å². The van der Waals surface area contributed by atoms with Gasteiger partial charge in [0, 0.05) is 34.3 Å². The quantitative estimate of drug-likeness (QED) is 0.485. The van der Waals surface area contributed by atoms with Crippen molar-refractivity contribution in [3.8, 4) is 17.6 Å². The normalized spacial score (nSPS) is 10.0. The molecule has 122 valence electrons. The fraction of sp³-hybridized carbons (Fsp3) is 0. The van der Waals surface area contributed by atoms with Crippen LogP contribution in [0.1, 0.15) is 5.56 Å². The highest BCUT2D eigenvalue weighted by molar-refractivity contribution is 7.99. The van der Waals surface area contributed by atoms with E-state index in [-0.39, 0.29) is 17.0 Å². The van der Waals surface area contributed by atoms with Crippen molar-refractivity contribution < 1.29 is 9.66 Å². The van der Waals surface area contributed by atoms with Gasteiger partial charge in [0.1, 0.15) is 23.1 Å². The molecule has 0 aliphatic carbocycles. The van der Waals surface area contributed by atoms with E-state index >= 15 is 0 Å². The molecule has 0 aliphatic rings. The van der Waals surface area contributed by atoms with Crippen molar-refractivity contribution in [2.24, 2.45) is 0 Å². The molecule has 2 aromatic carbocycles. The maximum absolute atomic E-state index is 10.8. The average molecular weight is 349 g/mol. The molecule has 3 aromatic rings. The minimum atomic E-state index is -0.546. The molecule has 0 aliphatic heterocycles. The van der Waals surface area contributed by atoms with E-state index < -0.39 is 4.92 Å². The van der Waals surface area contributed by atoms with Crippen molar-refractivity contribution in [2.45, 2.75) is 9.79 Å². The Balaban J connectivity index is 1.75. The smallest absolute Gasteiger partial charge is 0.271 e. The Morgan fingerprint density at radius 2 is 1.72 bits per heavy atom. The van der Waals surface area contributed by atoms with Crippen molar-refractivity contribution in [2.75, 3.05) is 0 Å². The van der Waals surface area contributed by atoms with Gasteiger partial charge < -0.3 is 4.74 Å². The number of nitro benzene ring substituents is 1. The van der Waals surface area contributed by atoms with Crippen LogP contribution in [0.25, 0.3) is 0 Å². The van der Waals surface area contributed by atoms with E-state index in [1.54, 1.807) is 36.3 Å². The molecule has 0 spiro atoms. The van der Waals surface area contributed by atoms with Gasteiger partial charge in [0.15, 0.2) is 0 Å². The van der Waals surface area contributed by atoms with E-state index in [0.717, 1.165) is 9.79 Å². The number of pyridine rings is 1. The standard InChI is InChI=1S/C18H11N3O3S/c19-12-13-11-14(21(22)23)1-6-18(13)24-15-2-4-16(5-3-15)25-17-7-9-20-10-8-17/h1-11H. The van der Waals surface area contributed by atoms with Gasteiger partial charge in [0.25, 0.3) is 5.69 Å². The number of rotatable bonds is 5. The molecule has 0 amide bonds. The number of aromatic nitrogens is 1. The molecular formula is C18H11N3O3S. The second kappa shape index (κ2) is 7.47. The van der Waals surface area contributed by atoms with Gasteiger partial charge in [0.05, 0.1) is 4.92 Å². The van der Waals surface area contributed by atoms with Crippen LogP contribution in [0.4, 0.5) is 5.69 Å². The fourth-order valence-electron chi connectivity index (χ4n) is 2.05. The zero-order chi connectivity index (χ0) is 17.6. The summed E-state index contributed by atoms with van der Waals surface area (Å²) in [6.45, 7) is 0. The second-order valence-electron chi connectivity index (χ2n) is 4.91. The highest BCUT2D eigenvalue weighted by Gasteiger charge is 2.12. The maximum atomic E-state index is 10.8. The SMILES string of the molecule is N#Cc1cc([N+](=O)[O-])ccc1Oc1ccc(Sc2ccncc2)cc1. The predicted octanol–water partition coefficient (Wildman–Crippen LogP) is 4.80. The van der Waals surface area contributed by atoms with Crippen LogP contribution in [0.5, 0.6) is 11.5 Å². The van der Waals surface area contributed by atoms with Crippen LogP contribution in [-0.4, -0.2) is 9.91 Å². The first-order valence-corrected chi connectivity index (χ1v) is 8.02. The van der Waals surface area contributed by atoms with Crippen LogP contribution < -0.4 is 4.74 Å². The number of nitrogens with zero attached hydrogens (tertiary/aromatic N) is 3. The highest BCUT2D eigenvalue weighted by atomic mass is 32.2. The van der Waals surface area contributed by atoms with Crippen molar-refractivity contribution >= 4 is 17.4 Å². The zero-order valence-corrected chi connectivity index (χ0v) is 13.6. The largest absolute Gasteiger partial charge is 0.456 e. The summed E-state index contributed by atoms with van der Waals surface area (Å²) in [4.78, 5) is 16.3. The summed E-state index contributed by atoms with van der Waals surface area (Å²) in [5.74, 6) is 0.826. The third-order valence-corrected chi connectivity index (χ3v) is 4.25. The Morgan fingerprint density at radius 1 is 1.04 bits per heavy atom. The lowest BCUT2D eigenvalue weighted by Crippen LogP contribution is -1.92. The van der Waals surface area contributed by atoms with E-state index in [1.807, 2.05) is 30.3 Å². The Morgan fingerprint density at radius 3 is 2.36 bits per heavy atom. The number of ether oxygens (including phenoxy) is 1. The third kappa shape index (κ3) is 4.13. The molecular weight excluding hydrogens is 338 g/mol. The second-order valence-corrected chi connectivity index (χ2v) is 6.05. The van der Waals surface area contributed by atoms with Gasteiger partial charge in [-0.15, -0.1) is 0 Å². The Bertz CT molecular complexity index is 938. The summed E-state index contributed by atoms with van der Waals surface area (Å²) in [5.41, 5.74) is -0.0302. The van der Waals surface area contributed by atoms with Crippen LogP contribution in [0.2, 0.25) is 0 Å². The molecule has 25 heavy (non-hydrogen) atoms. The summed E-state index contributed by atoms with van der Waals surface area (Å²) >= 11 is 1.59. The van der Waals surface area contributed by atoms with Gasteiger partial charge in [0.2, 0.25) is 0 Å². The molecule has 3 rings (SSSR count). The molecule has 0 N–H and O–H groups in total. The first kappa shape index (κ1) is 16.5. The van der Waals surface area contributed by atoms with Crippen molar-refractivity contribution in [3.05, 3.63) is 82.7 Å². The number of hydrogen-bond donors (Lipinski definition) is 0. The molecule has 0 atom stereocenters. The monoisotopic (exact) mass is 349 g/mol. The summed E-state index contributed by atoms with van der Waals surface area (Å²) in [6, 6.07) is 17.1. The Labute approximate surface area is 147 Å². The third-order valence-electron chi connectivity index (χ3n) is 3.23. The molecule has 0 fully saturated rings. The summed E-state index contributed by atoms with van der Waals surface area (Å²) < 4.78 is 5.68. The number of nitro groups is 1. The van der Waals surface area contributed by atoms with Gasteiger partial charge in [-0.1, -0.05) is 11.8 Å². The molecule has 1 heterocycles. The zero-order valence-electron chi connectivity index (χ0n) is 12.8. The number of hydrogen-bond acceptors (Lipinski definition) is 6. The van der Waals surface area contributed by atoms with Gasteiger partial charge in [-0.2, -0.15) is 5.26 Å². The summed E-state index contributed by atoms with van der Waals surface area (Å²) in [5, 5.41) is 19.9. The summed E-state index contributed by atoms with van der Waals surface area (Å²) in [6.07, 6.45) is 3.47. The molecule has 0 radical (unpaired) electrons. The molecule has 6 nitrogen and oxygen atoms in total. The number of non-ortho nitro benzene ring substituents is 1. The number of benzene rings is 2. The van der Waals surface area contributed by atoms with Crippen LogP contribution in [-0.2, 0) is 0 Å². The average Bonchev–Trinajstić information content (AvgIpc) is 2.64. The van der Waals surface area contributed by atoms with Crippen LogP contribution in [0.15, 0.2) is 76.8 Å². The van der Waals surface area contributed by atoms with Crippen LogP contribution in [0.3, 0.4) is 0 Å². The topological polar surface area (TPSA) is 89.0 Å². The molecule has 1 aromatic heterocycles. The van der Waals surface area contributed by atoms with Crippen molar-refractivity contribution in [1.82, 2.24) is 4.98 Å². The van der Waals surface area contributed by atoms with Crippen LogP contribution >= 0.6 is 11.8 Å². The lowest BCUT2D eigenvalue weighted by molar-refractivity contribution is -0.384. The maximum Gasteiger partial charge on any atom is 0.271 e. The van der Waals surface area contributed by atoms with Gasteiger partial charge in [-0.3, -0.25) is 15.1 Å². The molecule has 0 bridgehead atoms. The van der Waals surface area contributed by atoms with Crippen molar-refractivity contribution in [3.63, 3.8) is 0 Å². The van der Waals surface area contributed by atoms with Gasteiger partial charge in [-0.05, 0) is 42.5 Å². The van der Waals surface area contributed by atoms with E-state index in [4.69, 9.17) is 10.00 Å². The van der Waals surface area contributed by atoms with E-state index in [1.165, 1.54) is 18.2 Å². The van der Waals surface area contributed by atoms with Gasteiger partial charge >= 0.3 is 0 Å².